The average Bonchev–Trinajstić information content (AvgIpc) is 2.97. The van der Waals surface area contributed by atoms with Crippen molar-refractivity contribution >= 4 is 11.9 Å². The van der Waals surface area contributed by atoms with E-state index in [2.05, 4.69) is 12.6 Å². The van der Waals surface area contributed by atoms with E-state index in [0.717, 1.165) is 19.3 Å². The van der Waals surface area contributed by atoms with Crippen LogP contribution in [0.5, 0.6) is 0 Å². The third-order valence-electron chi connectivity index (χ3n) is 4.13. The summed E-state index contributed by atoms with van der Waals surface area (Å²) < 4.78 is 10.3. The van der Waals surface area contributed by atoms with Gasteiger partial charge in [0.15, 0.2) is 0 Å². The molecule has 0 saturated heterocycles. The highest BCUT2D eigenvalue weighted by molar-refractivity contribution is 5.87. The molecule has 108 valence electrons. The van der Waals surface area contributed by atoms with Gasteiger partial charge in [0.05, 0.1) is 12.5 Å². The Morgan fingerprint density at radius 2 is 2.05 bits per heavy atom. The highest BCUT2D eigenvalue weighted by Crippen LogP contribution is 2.49. The second-order valence-corrected chi connectivity index (χ2v) is 5.66. The van der Waals surface area contributed by atoms with Crippen LogP contribution in [-0.4, -0.2) is 24.6 Å². The predicted molar refractivity (Wildman–Crippen MR) is 70.2 cm³/mol. The van der Waals surface area contributed by atoms with E-state index in [-0.39, 0.29) is 31.0 Å². The molecule has 2 fully saturated rings. The SMILES string of the molecule is C=C(C)C(=O)OCCC(=O)OC1CC2CC1CC2C#N. The molecular formula is C15H19NO4. The van der Waals surface area contributed by atoms with E-state index in [4.69, 9.17) is 14.7 Å². The molecule has 4 unspecified atom stereocenters. The molecule has 0 heterocycles. The Kier molecular flexibility index (Phi) is 4.43. The fourth-order valence-corrected chi connectivity index (χ4v) is 3.10. The van der Waals surface area contributed by atoms with Crippen molar-refractivity contribution in [2.75, 3.05) is 6.61 Å². The third-order valence-corrected chi connectivity index (χ3v) is 4.13. The zero-order valence-electron chi connectivity index (χ0n) is 11.6. The van der Waals surface area contributed by atoms with Crippen LogP contribution < -0.4 is 0 Å². The van der Waals surface area contributed by atoms with Gasteiger partial charge < -0.3 is 9.47 Å². The summed E-state index contributed by atoms with van der Waals surface area (Å²) in [5.41, 5.74) is 0.314. The van der Waals surface area contributed by atoms with Crippen LogP contribution in [0.2, 0.25) is 0 Å². The van der Waals surface area contributed by atoms with Crippen molar-refractivity contribution in [2.24, 2.45) is 17.8 Å². The van der Waals surface area contributed by atoms with Crippen LogP contribution in [0.1, 0.15) is 32.6 Å². The highest BCUT2D eigenvalue weighted by Gasteiger charge is 2.47. The number of carbonyl (C=O) groups excluding carboxylic acids is 2. The number of hydrogen-bond acceptors (Lipinski definition) is 5. The number of fused-ring (bicyclic) bond motifs is 2. The van der Waals surface area contributed by atoms with Gasteiger partial charge in [-0.15, -0.1) is 0 Å². The first-order chi connectivity index (χ1) is 9.51. The molecule has 0 spiro atoms. The lowest BCUT2D eigenvalue weighted by atomic mass is 9.88. The Morgan fingerprint density at radius 3 is 2.60 bits per heavy atom. The van der Waals surface area contributed by atoms with E-state index in [9.17, 15) is 9.59 Å². The first-order valence-corrected chi connectivity index (χ1v) is 6.93. The summed E-state index contributed by atoms with van der Waals surface area (Å²) in [5, 5.41) is 8.96. The van der Waals surface area contributed by atoms with Crippen molar-refractivity contribution in [2.45, 2.75) is 38.7 Å². The van der Waals surface area contributed by atoms with Gasteiger partial charge in [0.25, 0.3) is 0 Å². The topological polar surface area (TPSA) is 76.4 Å². The molecule has 5 heteroatoms. The minimum atomic E-state index is -0.491. The first-order valence-electron chi connectivity index (χ1n) is 6.93. The maximum absolute atomic E-state index is 11.7. The van der Waals surface area contributed by atoms with Crippen LogP contribution >= 0.6 is 0 Å². The molecule has 2 bridgehead atoms. The highest BCUT2D eigenvalue weighted by atomic mass is 16.6. The minimum absolute atomic E-state index is 0.0200. The Hall–Kier alpha value is -1.83. The summed E-state index contributed by atoms with van der Waals surface area (Å²) in [4.78, 5) is 22.8. The predicted octanol–water partition coefficient (Wildman–Crippen LogP) is 1.98. The van der Waals surface area contributed by atoms with Gasteiger partial charge in [0.1, 0.15) is 12.7 Å². The average molecular weight is 277 g/mol. The number of esters is 2. The number of nitriles is 1. The van der Waals surface area contributed by atoms with E-state index < -0.39 is 5.97 Å². The molecule has 0 aromatic heterocycles. The second-order valence-electron chi connectivity index (χ2n) is 5.66. The van der Waals surface area contributed by atoms with Crippen LogP contribution in [0.3, 0.4) is 0 Å². The number of nitrogens with zero attached hydrogens (tertiary/aromatic N) is 1. The number of rotatable bonds is 5. The van der Waals surface area contributed by atoms with Gasteiger partial charge in [-0.25, -0.2) is 4.79 Å². The first kappa shape index (κ1) is 14.6. The Morgan fingerprint density at radius 1 is 1.30 bits per heavy atom. The maximum atomic E-state index is 11.7. The molecule has 0 aromatic rings. The van der Waals surface area contributed by atoms with E-state index in [1.807, 2.05) is 0 Å². The number of hydrogen-bond donors (Lipinski definition) is 0. The monoisotopic (exact) mass is 277 g/mol. The van der Waals surface area contributed by atoms with Gasteiger partial charge in [-0.05, 0) is 38.0 Å². The molecule has 2 aliphatic rings. The molecule has 20 heavy (non-hydrogen) atoms. The van der Waals surface area contributed by atoms with Crippen LogP contribution in [0.15, 0.2) is 12.2 Å². The van der Waals surface area contributed by atoms with Crippen LogP contribution in [-0.2, 0) is 19.1 Å². The van der Waals surface area contributed by atoms with Crippen LogP contribution in [0, 0.1) is 29.1 Å². The van der Waals surface area contributed by atoms with Crippen molar-refractivity contribution in [3.05, 3.63) is 12.2 Å². The lowest BCUT2D eigenvalue weighted by Gasteiger charge is -2.24. The molecular weight excluding hydrogens is 258 g/mol. The fraction of sp³-hybridized carbons (Fsp3) is 0.667. The second kappa shape index (κ2) is 6.08. The molecule has 0 radical (unpaired) electrons. The molecule has 4 atom stereocenters. The summed E-state index contributed by atoms with van der Waals surface area (Å²) in [6.07, 6.45) is 2.62. The molecule has 5 nitrogen and oxygen atoms in total. The van der Waals surface area contributed by atoms with Crippen molar-refractivity contribution in [1.82, 2.24) is 0 Å². The standard InChI is InChI=1S/C15H19NO4/c1-9(2)15(18)19-4-3-14(17)20-13-7-10-5-11(13)6-12(10)8-16/h10-13H,1,3-7H2,2H3. The van der Waals surface area contributed by atoms with Gasteiger partial charge in [-0.3, -0.25) is 4.79 Å². The van der Waals surface area contributed by atoms with E-state index >= 15 is 0 Å². The fourth-order valence-electron chi connectivity index (χ4n) is 3.10. The molecule has 0 amide bonds. The van der Waals surface area contributed by atoms with Gasteiger partial charge in [-0.2, -0.15) is 5.26 Å². The van der Waals surface area contributed by atoms with Crippen molar-refractivity contribution in [3.8, 4) is 6.07 Å². The largest absolute Gasteiger partial charge is 0.462 e. The smallest absolute Gasteiger partial charge is 0.333 e. The summed E-state index contributed by atoms with van der Waals surface area (Å²) in [6, 6.07) is 2.32. The molecule has 2 saturated carbocycles. The summed E-state index contributed by atoms with van der Waals surface area (Å²) in [7, 11) is 0. The molecule has 0 N–H and O–H groups in total. The quantitative estimate of drug-likeness (QED) is 0.567. The molecule has 2 rings (SSSR count). The van der Waals surface area contributed by atoms with Gasteiger partial charge >= 0.3 is 11.9 Å². The lowest BCUT2D eigenvalue weighted by Crippen LogP contribution is -2.27. The van der Waals surface area contributed by atoms with E-state index in [0.29, 0.717) is 17.4 Å². The summed E-state index contributed by atoms with van der Waals surface area (Å²) in [5.74, 6) is 0.00208. The Balaban J connectivity index is 1.68. The van der Waals surface area contributed by atoms with Crippen LogP contribution in [0.25, 0.3) is 0 Å². The third kappa shape index (κ3) is 3.19. The molecule has 0 aliphatic heterocycles. The van der Waals surface area contributed by atoms with Crippen molar-refractivity contribution in [1.29, 1.82) is 5.26 Å². The zero-order valence-corrected chi connectivity index (χ0v) is 11.6. The number of ether oxygens (including phenoxy) is 2. The maximum Gasteiger partial charge on any atom is 0.333 e. The van der Waals surface area contributed by atoms with Gasteiger partial charge in [-0.1, -0.05) is 6.58 Å². The van der Waals surface area contributed by atoms with Crippen LogP contribution in [0.4, 0.5) is 0 Å². The van der Waals surface area contributed by atoms with Gasteiger partial charge in [0.2, 0.25) is 0 Å². The Bertz CT molecular complexity index is 465. The van der Waals surface area contributed by atoms with Gasteiger partial charge in [0, 0.05) is 11.5 Å². The lowest BCUT2D eigenvalue weighted by molar-refractivity contribution is -0.154. The number of carbonyl (C=O) groups is 2. The van der Waals surface area contributed by atoms with E-state index in [1.165, 1.54) is 0 Å². The molecule has 2 aliphatic carbocycles. The van der Waals surface area contributed by atoms with Crippen molar-refractivity contribution in [3.63, 3.8) is 0 Å². The van der Waals surface area contributed by atoms with Crippen molar-refractivity contribution < 1.29 is 19.1 Å². The summed E-state index contributed by atoms with van der Waals surface area (Å²) in [6.45, 7) is 5.04. The Labute approximate surface area is 118 Å². The molecule has 0 aromatic carbocycles. The minimum Gasteiger partial charge on any atom is -0.462 e. The summed E-state index contributed by atoms with van der Waals surface area (Å²) >= 11 is 0. The van der Waals surface area contributed by atoms with E-state index in [1.54, 1.807) is 6.92 Å². The normalized spacial score (nSPS) is 30.6. The zero-order chi connectivity index (χ0) is 14.7.